The highest BCUT2D eigenvalue weighted by molar-refractivity contribution is 7.99. The summed E-state index contributed by atoms with van der Waals surface area (Å²) in [5, 5.41) is 4.05. The van der Waals surface area contributed by atoms with Crippen LogP contribution in [0.15, 0.2) is 23.6 Å². The molecule has 1 amide bonds. The molecule has 2 aromatic heterocycles. The number of amides is 1. The summed E-state index contributed by atoms with van der Waals surface area (Å²) in [5.74, 6) is 0.227. The topological polar surface area (TPSA) is 81.2 Å². The minimum absolute atomic E-state index is 0.182. The van der Waals surface area contributed by atoms with Gasteiger partial charge in [0, 0.05) is 17.3 Å². The van der Waals surface area contributed by atoms with Crippen LogP contribution in [-0.4, -0.2) is 33.7 Å². The largest absolute Gasteiger partial charge is 0.459 e. The number of thiophene rings is 1. The molecule has 1 aliphatic rings. The van der Waals surface area contributed by atoms with Gasteiger partial charge >= 0.3 is 5.97 Å². The van der Waals surface area contributed by atoms with E-state index in [9.17, 15) is 9.59 Å². The van der Waals surface area contributed by atoms with Crippen molar-refractivity contribution in [1.82, 2.24) is 9.97 Å². The fourth-order valence-electron chi connectivity index (χ4n) is 2.98. The van der Waals surface area contributed by atoms with Crippen molar-refractivity contribution in [2.45, 2.75) is 51.3 Å². The molecule has 6 nitrogen and oxygen atoms in total. The summed E-state index contributed by atoms with van der Waals surface area (Å²) >= 11 is 2.76. The number of nitrogens with zero attached hydrogens (tertiary/aromatic N) is 2. The van der Waals surface area contributed by atoms with Gasteiger partial charge in [0.25, 0.3) is 0 Å². The van der Waals surface area contributed by atoms with Crippen molar-refractivity contribution in [3.63, 3.8) is 0 Å². The van der Waals surface area contributed by atoms with Gasteiger partial charge < -0.3 is 10.1 Å². The van der Waals surface area contributed by atoms with Crippen molar-refractivity contribution < 1.29 is 14.3 Å². The molecule has 2 aromatic rings. The van der Waals surface area contributed by atoms with E-state index in [4.69, 9.17) is 4.74 Å². The van der Waals surface area contributed by atoms with Crippen LogP contribution in [0, 0.1) is 5.92 Å². The van der Waals surface area contributed by atoms with E-state index >= 15 is 0 Å². The number of rotatable bonds is 6. The Kier molecular flexibility index (Phi) is 6.49. The minimum atomic E-state index is -0.355. The standard InChI is InChI=1S/C19H23N3O3S2/c1-11(2)25-18(24)16-13-6-5-12(3)9-14(13)27-17(16)22-15(23)10-26-19-20-7-4-8-21-19/h4,7-8,11-12H,5-6,9-10H2,1-3H3,(H,22,23)/t12-/m0/s1. The number of hydrogen-bond acceptors (Lipinski definition) is 7. The van der Waals surface area contributed by atoms with Crippen molar-refractivity contribution in [2.75, 3.05) is 11.1 Å². The molecule has 1 N–H and O–H groups in total. The summed E-state index contributed by atoms with van der Waals surface area (Å²) in [6.45, 7) is 5.87. The Morgan fingerprint density at radius 2 is 2.11 bits per heavy atom. The van der Waals surface area contributed by atoms with Crippen molar-refractivity contribution in [2.24, 2.45) is 5.92 Å². The van der Waals surface area contributed by atoms with Gasteiger partial charge in [0.15, 0.2) is 5.16 Å². The van der Waals surface area contributed by atoms with E-state index in [0.29, 0.717) is 21.6 Å². The summed E-state index contributed by atoms with van der Waals surface area (Å²) in [7, 11) is 0. The molecular weight excluding hydrogens is 382 g/mol. The number of carbonyl (C=O) groups excluding carboxylic acids is 2. The predicted octanol–water partition coefficient (Wildman–Crippen LogP) is 3.96. The van der Waals surface area contributed by atoms with Crippen LogP contribution in [0.3, 0.4) is 0 Å². The van der Waals surface area contributed by atoms with Crippen molar-refractivity contribution in [3.05, 3.63) is 34.5 Å². The lowest BCUT2D eigenvalue weighted by Gasteiger charge is -2.18. The summed E-state index contributed by atoms with van der Waals surface area (Å²) in [6.07, 6.45) is 5.90. The number of carbonyl (C=O) groups is 2. The average Bonchev–Trinajstić information content (AvgIpc) is 2.97. The van der Waals surface area contributed by atoms with E-state index in [1.54, 1.807) is 18.5 Å². The van der Waals surface area contributed by atoms with E-state index < -0.39 is 0 Å². The highest BCUT2D eigenvalue weighted by atomic mass is 32.2. The Balaban J connectivity index is 1.77. The lowest BCUT2D eigenvalue weighted by atomic mass is 9.88. The summed E-state index contributed by atoms with van der Waals surface area (Å²) in [4.78, 5) is 34.5. The third-order valence-electron chi connectivity index (χ3n) is 4.19. The van der Waals surface area contributed by atoms with E-state index in [2.05, 4.69) is 22.2 Å². The predicted molar refractivity (Wildman–Crippen MR) is 107 cm³/mol. The van der Waals surface area contributed by atoms with Crippen molar-refractivity contribution >= 4 is 40.0 Å². The molecule has 2 heterocycles. The molecule has 0 spiro atoms. The first-order chi connectivity index (χ1) is 12.9. The third-order valence-corrected chi connectivity index (χ3v) is 6.23. The number of nitrogens with one attached hydrogen (secondary N) is 1. The summed E-state index contributed by atoms with van der Waals surface area (Å²) < 4.78 is 5.43. The van der Waals surface area contributed by atoms with Gasteiger partial charge in [-0.1, -0.05) is 18.7 Å². The molecule has 0 unspecified atom stereocenters. The molecule has 1 atom stereocenters. The first-order valence-electron chi connectivity index (χ1n) is 8.99. The molecule has 8 heteroatoms. The SMILES string of the molecule is CC(C)OC(=O)c1c(NC(=O)CSc2ncccn2)sc2c1CC[C@H](C)C2. The van der Waals surface area contributed by atoms with Gasteiger partial charge in [-0.2, -0.15) is 0 Å². The number of aromatic nitrogens is 2. The molecule has 27 heavy (non-hydrogen) atoms. The highest BCUT2D eigenvalue weighted by Gasteiger charge is 2.29. The molecule has 0 saturated carbocycles. The van der Waals surface area contributed by atoms with Gasteiger partial charge in [0.2, 0.25) is 5.91 Å². The molecule has 144 valence electrons. The van der Waals surface area contributed by atoms with Gasteiger partial charge in [0.1, 0.15) is 5.00 Å². The normalized spacial score (nSPS) is 16.1. The number of thioether (sulfide) groups is 1. The maximum atomic E-state index is 12.7. The van der Waals surface area contributed by atoms with Crippen LogP contribution in [0.4, 0.5) is 5.00 Å². The Hall–Kier alpha value is -1.93. The monoisotopic (exact) mass is 405 g/mol. The maximum Gasteiger partial charge on any atom is 0.341 e. The molecule has 0 saturated heterocycles. The first kappa shape index (κ1) is 19.8. The molecule has 0 aromatic carbocycles. The van der Waals surface area contributed by atoms with Crippen LogP contribution in [-0.2, 0) is 22.4 Å². The Labute approximate surface area is 167 Å². The number of fused-ring (bicyclic) bond motifs is 1. The van der Waals surface area contributed by atoms with Crippen LogP contribution in [0.25, 0.3) is 0 Å². The number of anilines is 1. The average molecular weight is 406 g/mol. The Morgan fingerprint density at radius 3 is 2.81 bits per heavy atom. The maximum absolute atomic E-state index is 12.7. The highest BCUT2D eigenvalue weighted by Crippen LogP contribution is 2.40. The lowest BCUT2D eigenvalue weighted by molar-refractivity contribution is -0.113. The van der Waals surface area contributed by atoms with Crippen LogP contribution >= 0.6 is 23.1 Å². The van der Waals surface area contributed by atoms with E-state index in [1.165, 1.54) is 28.0 Å². The molecule has 0 bridgehead atoms. The van der Waals surface area contributed by atoms with Crippen LogP contribution in [0.1, 0.15) is 48.0 Å². The van der Waals surface area contributed by atoms with Crippen LogP contribution in [0.5, 0.6) is 0 Å². The smallest absolute Gasteiger partial charge is 0.341 e. The fraction of sp³-hybridized carbons (Fsp3) is 0.474. The number of esters is 1. The van der Waals surface area contributed by atoms with Gasteiger partial charge in [-0.15, -0.1) is 11.3 Å². The first-order valence-corrected chi connectivity index (χ1v) is 10.8. The zero-order valence-corrected chi connectivity index (χ0v) is 17.3. The second-order valence-corrected chi connectivity index (χ2v) is 8.93. The molecule has 3 rings (SSSR count). The molecule has 0 fully saturated rings. The van der Waals surface area contributed by atoms with E-state index in [1.807, 2.05) is 13.8 Å². The fourth-order valence-corrected chi connectivity index (χ4v) is 5.00. The Bertz CT molecular complexity index is 821. The van der Waals surface area contributed by atoms with E-state index in [-0.39, 0.29) is 23.7 Å². The van der Waals surface area contributed by atoms with Gasteiger partial charge in [-0.25, -0.2) is 14.8 Å². The Morgan fingerprint density at radius 1 is 1.37 bits per heavy atom. The summed E-state index contributed by atoms with van der Waals surface area (Å²) in [6, 6.07) is 1.73. The minimum Gasteiger partial charge on any atom is -0.459 e. The molecular formula is C19H23N3O3S2. The molecule has 0 radical (unpaired) electrons. The second-order valence-electron chi connectivity index (χ2n) is 6.88. The molecule has 1 aliphatic carbocycles. The molecule has 0 aliphatic heterocycles. The number of ether oxygens (including phenoxy) is 1. The summed E-state index contributed by atoms with van der Waals surface area (Å²) in [5.41, 5.74) is 1.57. The zero-order chi connectivity index (χ0) is 19.4. The zero-order valence-electron chi connectivity index (χ0n) is 15.7. The van der Waals surface area contributed by atoms with Gasteiger partial charge in [0.05, 0.1) is 17.4 Å². The second kappa shape index (κ2) is 8.84. The van der Waals surface area contributed by atoms with Crippen molar-refractivity contribution in [3.8, 4) is 0 Å². The van der Waals surface area contributed by atoms with Gasteiger partial charge in [-0.3, -0.25) is 4.79 Å². The van der Waals surface area contributed by atoms with Crippen molar-refractivity contribution in [1.29, 1.82) is 0 Å². The third kappa shape index (κ3) is 5.07. The number of hydrogen-bond donors (Lipinski definition) is 1. The quantitative estimate of drug-likeness (QED) is 0.445. The lowest BCUT2D eigenvalue weighted by Crippen LogP contribution is -2.19. The van der Waals surface area contributed by atoms with E-state index in [0.717, 1.165) is 24.8 Å². The van der Waals surface area contributed by atoms with Crippen LogP contribution < -0.4 is 5.32 Å². The van der Waals surface area contributed by atoms with Crippen LogP contribution in [0.2, 0.25) is 0 Å². The van der Waals surface area contributed by atoms with Gasteiger partial charge in [-0.05, 0) is 50.7 Å².